The minimum absolute atomic E-state index is 0.104. The van der Waals surface area contributed by atoms with Gasteiger partial charge >= 0.3 is 6.03 Å². The van der Waals surface area contributed by atoms with Crippen LogP contribution in [0.5, 0.6) is 0 Å². The molecule has 0 bridgehead atoms. The van der Waals surface area contributed by atoms with Gasteiger partial charge in [-0.1, -0.05) is 12.1 Å². The zero-order valence-electron chi connectivity index (χ0n) is 12.3. The zero-order chi connectivity index (χ0) is 15.4. The number of hydrogen-bond acceptors (Lipinski definition) is 3. The van der Waals surface area contributed by atoms with Crippen LogP contribution in [-0.4, -0.2) is 45.9 Å². The van der Waals surface area contributed by atoms with Gasteiger partial charge in [-0.05, 0) is 42.5 Å². The van der Waals surface area contributed by atoms with Gasteiger partial charge in [0.25, 0.3) is 0 Å². The third kappa shape index (κ3) is 3.28. The number of nitrogens with zero attached hydrogens (tertiary/aromatic N) is 2. The molecule has 1 aromatic carbocycles. The Balaban J connectivity index is 1.62. The van der Waals surface area contributed by atoms with Gasteiger partial charge in [-0.25, -0.2) is 4.79 Å². The van der Waals surface area contributed by atoms with Gasteiger partial charge < -0.3 is 15.3 Å². The molecule has 0 aliphatic carbocycles. The van der Waals surface area contributed by atoms with Crippen LogP contribution in [0.1, 0.15) is 12.8 Å². The highest BCUT2D eigenvalue weighted by Gasteiger charge is 2.23. The summed E-state index contributed by atoms with van der Waals surface area (Å²) in [5, 5.41) is 19.0. The van der Waals surface area contributed by atoms with E-state index in [9.17, 15) is 9.90 Å². The minimum atomic E-state index is -0.104. The molecule has 0 unspecified atom stereocenters. The van der Waals surface area contributed by atoms with Gasteiger partial charge in [0.1, 0.15) is 0 Å². The lowest BCUT2D eigenvalue weighted by atomic mass is 9.99. The first-order chi connectivity index (χ1) is 10.8. The molecule has 1 saturated heterocycles. The number of likely N-dealkylation sites (tertiary alicyclic amines) is 1. The number of piperidine rings is 1. The fourth-order valence-corrected chi connectivity index (χ4v) is 2.75. The van der Waals surface area contributed by atoms with E-state index in [1.165, 1.54) is 0 Å². The number of hydrogen-bond donors (Lipinski definition) is 3. The molecule has 3 N–H and O–H groups in total. The Labute approximate surface area is 129 Å². The number of amides is 2. The summed E-state index contributed by atoms with van der Waals surface area (Å²) in [6.07, 6.45) is 3.63. The van der Waals surface area contributed by atoms with E-state index < -0.39 is 0 Å². The van der Waals surface area contributed by atoms with Crippen LogP contribution in [0.15, 0.2) is 36.5 Å². The molecule has 22 heavy (non-hydrogen) atoms. The van der Waals surface area contributed by atoms with Crippen LogP contribution in [0.2, 0.25) is 0 Å². The summed E-state index contributed by atoms with van der Waals surface area (Å²) < 4.78 is 0. The Kier molecular flexibility index (Phi) is 4.39. The standard InChI is InChI=1S/C16H20N4O2/c21-11-12-2-1-9-20(10-12)16(22)18-14-5-3-13(4-6-14)15-7-8-17-19-15/h3-8,12,21H,1-2,9-11H2,(H,17,19)(H,18,22)/t12-/m0/s1. The molecule has 1 aliphatic rings. The van der Waals surface area contributed by atoms with Crippen molar-refractivity contribution in [2.75, 3.05) is 25.0 Å². The van der Waals surface area contributed by atoms with E-state index in [0.717, 1.165) is 36.3 Å². The molecule has 2 aromatic rings. The second-order valence-electron chi connectivity index (χ2n) is 5.61. The molecular weight excluding hydrogens is 280 g/mol. The first-order valence-electron chi connectivity index (χ1n) is 7.53. The second-order valence-corrected chi connectivity index (χ2v) is 5.61. The summed E-state index contributed by atoms with van der Waals surface area (Å²) in [4.78, 5) is 14.0. The van der Waals surface area contributed by atoms with Crippen molar-refractivity contribution in [2.24, 2.45) is 5.92 Å². The van der Waals surface area contributed by atoms with E-state index in [2.05, 4.69) is 15.5 Å². The van der Waals surface area contributed by atoms with Crippen molar-refractivity contribution < 1.29 is 9.90 Å². The average Bonchev–Trinajstić information content (AvgIpc) is 3.10. The largest absolute Gasteiger partial charge is 0.396 e. The number of aliphatic hydroxyl groups excluding tert-OH is 1. The Hall–Kier alpha value is -2.34. The third-order valence-electron chi connectivity index (χ3n) is 4.01. The van der Waals surface area contributed by atoms with Gasteiger partial charge in [-0.15, -0.1) is 0 Å². The average molecular weight is 300 g/mol. The molecule has 0 spiro atoms. The van der Waals surface area contributed by atoms with Gasteiger partial charge in [0.05, 0.1) is 5.69 Å². The quantitative estimate of drug-likeness (QED) is 0.813. The highest BCUT2D eigenvalue weighted by Crippen LogP contribution is 2.20. The molecule has 0 radical (unpaired) electrons. The number of aliphatic hydroxyl groups is 1. The van der Waals surface area contributed by atoms with Crippen LogP contribution in [0.25, 0.3) is 11.3 Å². The number of aromatic amines is 1. The van der Waals surface area contributed by atoms with Crippen molar-refractivity contribution in [3.63, 3.8) is 0 Å². The van der Waals surface area contributed by atoms with Crippen molar-refractivity contribution in [2.45, 2.75) is 12.8 Å². The predicted molar refractivity (Wildman–Crippen MR) is 84.4 cm³/mol. The van der Waals surface area contributed by atoms with Crippen molar-refractivity contribution in [3.05, 3.63) is 36.5 Å². The van der Waals surface area contributed by atoms with Crippen LogP contribution in [-0.2, 0) is 0 Å². The summed E-state index contributed by atoms with van der Waals surface area (Å²) in [6.45, 7) is 1.51. The summed E-state index contributed by atoms with van der Waals surface area (Å²) in [5.41, 5.74) is 2.73. The Morgan fingerprint density at radius 1 is 1.36 bits per heavy atom. The van der Waals surface area contributed by atoms with Gasteiger partial charge in [0, 0.05) is 31.6 Å². The molecule has 1 fully saturated rings. The number of carbonyl (C=O) groups excluding carboxylic acids is 1. The lowest BCUT2D eigenvalue weighted by Gasteiger charge is -2.31. The number of nitrogens with one attached hydrogen (secondary N) is 2. The number of H-pyrrole nitrogens is 1. The maximum absolute atomic E-state index is 12.3. The van der Waals surface area contributed by atoms with E-state index in [1.807, 2.05) is 30.3 Å². The molecular formula is C16H20N4O2. The lowest BCUT2D eigenvalue weighted by Crippen LogP contribution is -2.43. The number of benzene rings is 1. The summed E-state index contributed by atoms with van der Waals surface area (Å²) >= 11 is 0. The maximum atomic E-state index is 12.3. The molecule has 0 saturated carbocycles. The number of aromatic nitrogens is 2. The molecule has 1 atom stereocenters. The fraction of sp³-hybridized carbons (Fsp3) is 0.375. The van der Waals surface area contributed by atoms with E-state index in [4.69, 9.17) is 0 Å². The highest BCUT2D eigenvalue weighted by atomic mass is 16.3. The normalized spacial score (nSPS) is 18.2. The smallest absolute Gasteiger partial charge is 0.321 e. The Morgan fingerprint density at radius 3 is 2.86 bits per heavy atom. The zero-order valence-corrected chi connectivity index (χ0v) is 12.3. The van der Waals surface area contributed by atoms with Crippen LogP contribution in [0.4, 0.5) is 10.5 Å². The van der Waals surface area contributed by atoms with E-state index >= 15 is 0 Å². The summed E-state index contributed by atoms with van der Waals surface area (Å²) in [7, 11) is 0. The predicted octanol–water partition coefficient (Wildman–Crippen LogP) is 2.31. The molecule has 6 nitrogen and oxygen atoms in total. The van der Waals surface area contributed by atoms with Gasteiger partial charge in [-0.2, -0.15) is 5.10 Å². The van der Waals surface area contributed by atoms with E-state index in [-0.39, 0.29) is 18.6 Å². The molecule has 2 amide bonds. The monoisotopic (exact) mass is 300 g/mol. The lowest BCUT2D eigenvalue weighted by molar-refractivity contribution is 0.136. The fourth-order valence-electron chi connectivity index (χ4n) is 2.75. The Morgan fingerprint density at radius 2 is 2.18 bits per heavy atom. The van der Waals surface area contributed by atoms with Crippen molar-refractivity contribution >= 4 is 11.7 Å². The highest BCUT2D eigenvalue weighted by molar-refractivity contribution is 5.89. The Bertz CT molecular complexity index is 610. The van der Waals surface area contributed by atoms with Crippen LogP contribution < -0.4 is 5.32 Å². The van der Waals surface area contributed by atoms with E-state index in [1.54, 1.807) is 11.1 Å². The van der Waals surface area contributed by atoms with Crippen LogP contribution >= 0.6 is 0 Å². The SMILES string of the molecule is O=C(Nc1ccc(-c2ccn[nH]2)cc1)N1CCC[C@H](CO)C1. The van der Waals surface area contributed by atoms with Crippen molar-refractivity contribution in [3.8, 4) is 11.3 Å². The number of carbonyl (C=O) groups is 1. The van der Waals surface area contributed by atoms with E-state index in [0.29, 0.717) is 6.54 Å². The summed E-state index contributed by atoms with van der Waals surface area (Å²) in [5.74, 6) is 0.197. The molecule has 2 heterocycles. The molecule has 6 heteroatoms. The van der Waals surface area contributed by atoms with Gasteiger partial charge in [-0.3, -0.25) is 5.10 Å². The molecule has 3 rings (SSSR count). The van der Waals surface area contributed by atoms with Gasteiger partial charge in [0.15, 0.2) is 0 Å². The second kappa shape index (κ2) is 6.62. The first-order valence-corrected chi connectivity index (χ1v) is 7.53. The summed E-state index contributed by atoms with van der Waals surface area (Å²) in [6, 6.07) is 9.43. The van der Waals surface area contributed by atoms with Gasteiger partial charge in [0.2, 0.25) is 0 Å². The molecule has 1 aromatic heterocycles. The minimum Gasteiger partial charge on any atom is -0.396 e. The van der Waals surface area contributed by atoms with Crippen molar-refractivity contribution in [1.29, 1.82) is 0 Å². The number of rotatable bonds is 3. The maximum Gasteiger partial charge on any atom is 0.321 e. The van der Waals surface area contributed by atoms with Crippen LogP contribution in [0.3, 0.4) is 0 Å². The molecule has 116 valence electrons. The number of urea groups is 1. The van der Waals surface area contributed by atoms with Crippen LogP contribution in [0, 0.1) is 5.92 Å². The first kappa shape index (κ1) is 14.6. The number of anilines is 1. The molecule has 1 aliphatic heterocycles. The van der Waals surface area contributed by atoms with Crippen molar-refractivity contribution in [1.82, 2.24) is 15.1 Å². The topological polar surface area (TPSA) is 81.2 Å². The third-order valence-corrected chi connectivity index (χ3v) is 4.01.